The van der Waals surface area contributed by atoms with Crippen LogP contribution in [0.3, 0.4) is 0 Å². The van der Waals surface area contributed by atoms with E-state index in [9.17, 15) is 4.79 Å². The molecule has 1 aromatic carbocycles. The standard InChI is InChI=1S/C15H20N2O2/c18-15(17-9-11-5-7-16-8-6-11)13-10-19-14-4-2-1-3-12(13)14/h1-4,11,13,16H,5-10H2,(H,17,18). The number of piperidine rings is 1. The highest BCUT2D eigenvalue weighted by molar-refractivity contribution is 5.85. The minimum atomic E-state index is -0.141. The molecule has 2 aliphatic rings. The van der Waals surface area contributed by atoms with Crippen molar-refractivity contribution in [3.8, 4) is 5.75 Å². The third kappa shape index (κ3) is 2.73. The van der Waals surface area contributed by atoms with E-state index < -0.39 is 0 Å². The number of amides is 1. The SMILES string of the molecule is O=C(NCC1CCNCC1)C1COc2ccccc21. The van der Waals surface area contributed by atoms with Crippen LogP contribution < -0.4 is 15.4 Å². The summed E-state index contributed by atoms with van der Waals surface area (Å²) in [6.45, 7) is 3.39. The van der Waals surface area contributed by atoms with Gasteiger partial charge in [-0.25, -0.2) is 0 Å². The van der Waals surface area contributed by atoms with E-state index in [4.69, 9.17) is 4.74 Å². The molecule has 1 unspecified atom stereocenters. The lowest BCUT2D eigenvalue weighted by atomic mass is 9.97. The summed E-state index contributed by atoms with van der Waals surface area (Å²) in [5.41, 5.74) is 1.02. The third-order valence-electron chi connectivity index (χ3n) is 4.04. The van der Waals surface area contributed by atoms with Crippen LogP contribution in [-0.4, -0.2) is 32.1 Å². The van der Waals surface area contributed by atoms with Crippen LogP contribution in [0.15, 0.2) is 24.3 Å². The molecule has 2 heterocycles. The van der Waals surface area contributed by atoms with E-state index >= 15 is 0 Å². The van der Waals surface area contributed by atoms with E-state index in [0.29, 0.717) is 12.5 Å². The molecule has 4 nitrogen and oxygen atoms in total. The number of hydrogen-bond acceptors (Lipinski definition) is 3. The first-order valence-corrected chi connectivity index (χ1v) is 7.05. The van der Waals surface area contributed by atoms with Crippen molar-refractivity contribution in [3.05, 3.63) is 29.8 Å². The molecule has 0 aromatic heterocycles. The van der Waals surface area contributed by atoms with Crippen LogP contribution in [0, 0.1) is 5.92 Å². The summed E-state index contributed by atoms with van der Waals surface area (Å²) in [5.74, 6) is 1.42. The Labute approximate surface area is 113 Å². The molecule has 1 aromatic rings. The molecular formula is C15H20N2O2. The maximum absolute atomic E-state index is 12.2. The molecule has 1 atom stereocenters. The van der Waals surface area contributed by atoms with Crippen molar-refractivity contribution in [2.24, 2.45) is 5.92 Å². The molecule has 1 fully saturated rings. The highest BCUT2D eigenvalue weighted by Gasteiger charge is 2.30. The summed E-state index contributed by atoms with van der Waals surface area (Å²) in [6, 6.07) is 7.81. The fraction of sp³-hybridized carbons (Fsp3) is 0.533. The molecule has 0 aliphatic carbocycles. The minimum absolute atomic E-state index is 0.100. The van der Waals surface area contributed by atoms with Crippen molar-refractivity contribution in [1.29, 1.82) is 0 Å². The van der Waals surface area contributed by atoms with E-state index in [-0.39, 0.29) is 11.8 Å². The van der Waals surface area contributed by atoms with Gasteiger partial charge in [0, 0.05) is 12.1 Å². The van der Waals surface area contributed by atoms with E-state index in [1.54, 1.807) is 0 Å². The predicted molar refractivity (Wildman–Crippen MR) is 73.3 cm³/mol. The number of carbonyl (C=O) groups excluding carboxylic acids is 1. The largest absolute Gasteiger partial charge is 0.492 e. The molecule has 0 spiro atoms. The fourth-order valence-electron chi connectivity index (χ4n) is 2.83. The molecule has 0 radical (unpaired) electrons. The number of benzene rings is 1. The quantitative estimate of drug-likeness (QED) is 0.860. The molecular weight excluding hydrogens is 240 g/mol. The lowest BCUT2D eigenvalue weighted by molar-refractivity contribution is -0.123. The maximum Gasteiger partial charge on any atom is 0.231 e. The summed E-state index contributed by atoms with van der Waals surface area (Å²) in [6.07, 6.45) is 2.30. The Morgan fingerprint density at radius 1 is 1.32 bits per heavy atom. The Bertz CT molecular complexity index is 455. The Kier molecular flexibility index (Phi) is 3.69. The first-order chi connectivity index (χ1) is 9.34. The van der Waals surface area contributed by atoms with Crippen molar-refractivity contribution in [1.82, 2.24) is 10.6 Å². The van der Waals surface area contributed by atoms with Crippen molar-refractivity contribution in [2.75, 3.05) is 26.2 Å². The Balaban J connectivity index is 1.56. The fourth-order valence-corrected chi connectivity index (χ4v) is 2.83. The first-order valence-electron chi connectivity index (χ1n) is 7.05. The molecule has 1 saturated heterocycles. The number of carbonyl (C=O) groups is 1. The van der Waals surface area contributed by atoms with E-state index in [0.717, 1.165) is 43.8 Å². The van der Waals surface area contributed by atoms with Crippen LogP contribution in [0.5, 0.6) is 5.75 Å². The summed E-state index contributed by atoms with van der Waals surface area (Å²) < 4.78 is 5.55. The number of rotatable bonds is 3. The van der Waals surface area contributed by atoms with Gasteiger partial charge in [0.1, 0.15) is 18.3 Å². The number of ether oxygens (including phenoxy) is 1. The van der Waals surface area contributed by atoms with Crippen LogP contribution in [0.1, 0.15) is 24.3 Å². The predicted octanol–water partition coefficient (Wildman–Crippen LogP) is 1.28. The van der Waals surface area contributed by atoms with Crippen LogP contribution in [0.4, 0.5) is 0 Å². The lowest BCUT2D eigenvalue weighted by Crippen LogP contribution is -2.38. The third-order valence-corrected chi connectivity index (χ3v) is 4.04. The van der Waals surface area contributed by atoms with Crippen LogP contribution in [0.2, 0.25) is 0 Å². The molecule has 2 aliphatic heterocycles. The zero-order chi connectivity index (χ0) is 13.1. The van der Waals surface area contributed by atoms with Gasteiger partial charge in [0.05, 0.1) is 0 Å². The normalized spacial score (nSPS) is 22.6. The van der Waals surface area contributed by atoms with Crippen molar-refractivity contribution in [2.45, 2.75) is 18.8 Å². The second-order valence-corrected chi connectivity index (χ2v) is 5.34. The molecule has 0 bridgehead atoms. The average Bonchev–Trinajstić information content (AvgIpc) is 2.90. The van der Waals surface area contributed by atoms with Crippen molar-refractivity contribution < 1.29 is 9.53 Å². The summed E-state index contributed by atoms with van der Waals surface area (Å²) >= 11 is 0. The average molecular weight is 260 g/mol. The summed E-state index contributed by atoms with van der Waals surface area (Å²) in [5, 5.41) is 6.43. The number of nitrogens with one attached hydrogen (secondary N) is 2. The Morgan fingerprint density at radius 2 is 2.11 bits per heavy atom. The summed E-state index contributed by atoms with van der Waals surface area (Å²) in [7, 11) is 0. The lowest BCUT2D eigenvalue weighted by Gasteiger charge is -2.23. The molecule has 0 saturated carbocycles. The van der Waals surface area contributed by atoms with Crippen LogP contribution in [0.25, 0.3) is 0 Å². The molecule has 4 heteroatoms. The van der Waals surface area contributed by atoms with Crippen molar-refractivity contribution in [3.63, 3.8) is 0 Å². The second kappa shape index (κ2) is 5.61. The molecule has 102 valence electrons. The minimum Gasteiger partial charge on any atom is -0.492 e. The maximum atomic E-state index is 12.2. The van der Waals surface area contributed by atoms with Gasteiger partial charge in [0.25, 0.3) is 0 Å². The highest BCUT2D eigenvalue weighted by atomic mass is 16.5. The van der Waals surface area contributed by atoms with Gasteiger partial charge in [0.2, 0.25) is 5.91 Å². The van der Waals surface area contributed by atoms with Gasteiger partial charge in [-0.15, -0.1) is 0 Å². The van der Waals surface area contributed by atoms with Gasteiger partial charge in [0.15, 0.2) is 0 Å². The summed E-state index contributed by atoms with van der Waals surface area (Å²) in [4.78, 5) is 12.2. The van der Waals surface area contributed by atoms with Gasteiger partial charge >= 0.3 is 0 Å². The van der Waals surface area contributed by atoms with Gasteiger partial charge in [-0.1, -0.05) is 18.2 Å². The van der Waals surface area contributed by atoms with E-state index in [2.05, 4.69) is 10.6 Å². The van der Waals surface area contributed by atoms with Gasteiger partial charge in [-0.3, -0.25) is 4.79 Å². The molecule has 1 amide bonds. The second-order valence-electron chi connectivity index (χ2n) is 5.34. The Morgan fingerprint density at radius 3 is 2.95 bits per heavy atom. The topological polar surface area (TPSA) is 50.4 Å². The highest BCUT2D eigenvalue weighted by Crippen LogP contribution is 2.33. The number of para-hydroxylation sites is 1. The van der Waals surface area contributed by atoms with Gasteiger partial charge in [-0.05, 0) is 37.9 Å². The number of fused-ring (bicyclic) bond motifs is 1. The number of hydrogen-bond donors (Lipinski definition) is 2. The zero-order valence-corrected chi connectivity index (χ0v) is 11.0. The molecule has 3 rings (SSSR count). The van der Waals surface area contributed by atoms with E-state index in [1.165, 1.54) is 0 Å². The monoisotopic (exact) mass is 260 g/mol. The van der Waals surface area contributed by atoms with Gasteiger partial charge < -0.3 is 15.4 Å². The van der Waals surface area contributed by atoms with Crippen LogP contribution in [-0.2, 0) is 4.79 Å². The first kappa shape index (κ1) is 12.5. The van der Waals surface area contributed by atoms with E-state index in [1.807, 2.05) is 24.3 Å². The molecule has 19 heavy (non-hydrogen) atoms. The Hall–Kier alpha value is -1.55. The smallest absolute Gasteiger partial charge is 0.231 e. The van der Waals surface area contributed by atoms with Crippen molar-refractivity contribution >= 4 is 5.91 Å². The van der Waals surface area contributed by atoms with Gasteiger partial charge in [-0.2, -0.15) is 0 Å². The van der Waals surface area contributed by atoms with Crippen LogP contribution >= 0.6 is 0 Å². The zero-order valence-electron chi connectivity index (χ0n) is 11.0. The molecule has 2 N–H and O–H groups in total.